The summed E-state index contributed by atoms with van der Waals surface area (Å²) in [6.45, 7) is 5.60. The van der Waals surface area contributed by atoms with Crippen molar-refractivity contribution in [2.45, 2.75) is 19.4 Å². The molecule has 0 bridgehead atoms. The van der Waals surface area contributed by atoms with Crippen molar-refractivity contribution < 1.29 is 14.3 Å². The second kappa shape index (κ2) is 8.75. The molecule has 2 aliphatic heterocycles. The molecule has 2 amide bonds. The van der Waals surface area contributed by atoms with Crippen molar-refractivity contribution in [1.29, 1.82) is 0 Å². The van der Waals surface area contributed by atoms with Crippen LogP contribution in [0.15, 0.2) is 48.5 Å². The van der Waals surface area contributed by atoms with Gasteiger partial charge in [-0.1, -0.05) is 18.2 Å². The van der Waals surface area contributed by atoms with Crippen molar-refractivity contribution in [3.05, 3.63) is 48.5 Å². The monoisotopic (exact) mass is 408 g/mol. The summed E-state index contributed by atoms with van der Waals surface area (Å²) in [5.41, 5.74) is 2.61. The van der Waals surface area contributed by atoms with E-state index in [-0.39, 0.29) is 17.9 Å². The molecular weight excluding hydrogens is 380 g/mol. The quantitative estimate of drug-likeness (QED) is 0.843. The number of amides is 2. The van der Waals surface area contributed by atoms with Gasteiger partial charge in [-0.25, -0.2) is 0 Å². The highest BCUT2D eigenvalue weighted by atomic mass is 16.5. The minimum absolute atomic E-state index is 0.0290. The Morgan fingerprint density at radius 3 is 2.63 bits per heavy atom. The Labute approximate surface area is 177 Å². The minimum atomic E-state index is -0.181. The molecule has 0 radical (unpaired) electrons. The van der Waals surface area contributed by atoms with Crippen molar-refractivity contribution in [3.8, 4) is 5.75 Å². The summed E-state index contributed by atoms with van der Waals surface area (Å²) >= 11 is 0. The molecule has 1 N–H and O–H groups in total. The number of nitrogens with zero attached hydrogens (tertiary/aromatic N) is 3. The number of benzene rings is 2. The van der Waals surface area contributed by atoms with E-state index in [4.69, 9.17) is 4.74 Å². The van der Waals surface area contributed by atoms with Gasteiger partial charge in [0.05, 0.1) is 25.0 Å². The fourth-order valence-electron chi connectivity index (χ4n) is 4.21. The molecular formula is C23H28N4O3. The third-order valence-corrected chi connectivity index (χ3v) is 5.78. The van der Waals surface area contributed by atoms with Gasteiger partial charge in [0.25, 0.3) is 0 Å². The summed E-state index contributed by atoms with van der Waals surface area (Å²) in [7, 11) is 1.67. The average molecular weight is 409 g/mol. The first-order chi connectivity index (χ1) is 14.5. The second-order valence-corrected chi connectivity index (χ2v) is 7.85. The summed E-state index contributed by atoms with van der Waals surface area (Å²) in [5, 5.41) is 2.91. The third kappa shape index (κ3) is 4.26. The number of rotatable bonds is 4. The molecule has 7 nitrogen and oxygen atoms in total. The van der Waals surface area contributed by atoms with E-state index in [2.05, 4.69) is 21.2 Å². The highest BCUT2D eigenvalue weighted by Gasteiger charge is 2.31. The zero-order valence-electron chi connectivity index (χ0n) is 17.5. The molecule has 7 heteroatoms. The normalized spacial score (nSPS) is 19.7. The van der Waals surface area contributed by atoms with E-state index in [1.807, 2.05) is 49.4 Å². The van der Waals surface area contributed by atoms with Gasteiger partial charge in [-0.05, 0) is 31.2 Å². The van der Waals surface area contributed by atoms with Crippen LogP contribution in [0.2, 0.25) is 0 Å². The molecule has 30 heavy (non-hydrogen) atoms. The van der Waals surface area contributed by atoms with Gasteiger partial charge in [0, 0.05) is 50.4 Å². The van der Waals surface area contributed by atoms with Crippen molar-refractivity contribution in [3.63, 3.8) is 0 Å². The molecule has 0 spiro atoms. The fourth-order valence-corrected chi connectivity index (χ4v) is 4.21. The minimum Gasteiger partial charge on any atom is -0.497 e. The van der Waals surface area contributed by atoms with Crippen LogP contribution in [0.25, 0.3) is 0 Å². The van der Waals surface area contributed by atoms with Crippen LogP contribution in [-0.2, 0) is 9.59 Å². The Morgan fingerprint density at radius 2 is 1.87 bits per heavy atom. The van der Waals surface area contributed by atoms with E-state index in [1.165, 1.54) is 0 Å². The summed E-state index contributed by atoms with van der Waals surface area (Å²) in [4.78, 5) is 31.7. The molecule has 158 valence electrons. The highest BCUT2D eigenvalue weighted by Crippen LogP contribution is 2.31. The number of nitrogens with one attached hydrogen (secondary N) is 1. The lowest BCUT2D eigenvalue weighted by Crippen LogP contribution is -2.51. The third-order valence-electron chi connectivity index (χ3n) is 5.78. The number of para-hydroxylation sites is 2. The van der Waals surface area contributed by atoms with Gasteiger partial charge in [0.2, 0.25) is 11.8 Å². The van der Waals surface area contributed by atoms with Gasteiger partial charge < -0.3 is 19.9 Å². The second-order valence-electron chi connectivity index (χ2n) is 7.85. The van der Waals surface area contributed by atoms with E-state index >= 15 is 0 Å². The van der Waals surface area contributed by atoms with Gasteiger partial charge in [-0.3, -0.25) is 14.5 Å². The maximum absolute atomic E-state index is 13.2. The van der Waals surface area contributed by atoms with Gasteiger partial charge in [0.15, 0.2) is 0 Å². The molecule has 2 aromatic rings. The molecule has 2 heterocycles. The first kappa shape index (κ1) is 20.2. The smallest absolute Gasteiger partial charge is 0.241 e. The predicted molar refractivity (Wildman–Crippen MR) is 118 cm³/mol. The van der Waals surface area contributed by atoms with Crippen LogP contribution < -0.4 is 19.9 Å². The molecule has 1 fully saturated rings. The lowest BCUT2D eigenvalue weighted by Gasteiger charge is -2.37. The molecule has 2 aromatic carbocycles. The number of anilines is 3. The summed E-state index contributed by atoms with van der Waals surface area (Å²) in [5.74, 6) is 0.820. The SMILES string of the molecule is COc1cccc(N2CCN(CC(=O)N3c4ccccc4NC(=O)CC3C)CC2)c1. The van der Waals surface area contributed by atoms with E-state index < -0.39 is 0 Å². The summed E-state index contributed by atoms with van der Waals surface area (Å²) < 4.78 is 5.33. The molecule has 0 saturated carbocycles. The van der Waals surface area contributed by atoms with Crippen LogP contribution in [-0.4, -0.2) is 62.6 Å². The van der Waals surface area contributed by atoms with Crippen molar-refractivity contribution in [1.82, 2.24) is 4.90 Å². The number of fused-ring (bicyclic) bond motifs is 1. The van der Waals surface area contributed by atoms with Gasteiger partial charge >= 0.3 is 0 Å². The Hall–Kier alpha value is -3.06. The van der Waals surface area contributed by atoms with E-state index in [0.717, 1.165) is 43.3 Å². The highest BCUT2D eigenvalue weighted by molar-refractivity contribution is 6.04. The van der Waals surface area contributed by atoms with Crippen LogP contribution in [0, 0.1) is 0 Å². The van der Waals surface area contributed by atoms with E-state index in [9.17, 15) is 9.59 Å². The molecule has 1 unspecified atom stereocenters. The van der Waals surface area contributed by atoms with Crippen molar-refractivity contribution in [2.24, 2.45) is 0 Å². The standard InChI is InChI=1S/C23H28N4O3/c1-17-14-22(28)24-20-8-3-4-9-21(20)27(17)23(29)16-25-10-12-26(13-11-25)18-6-5-7-19(15-18)30-2/h3-9,15,17H,10-14,16H2,1-2H3,(H,24,28). The van der Waals surface area contributed by atoms with Crippen LogP contribution in [0.4, 0.5) is 17.1 Å². The van der Waals surface area contributed by atoms with Crippen LogP contribution >= 0.6 is 0 Å². The lowest BCUT2D eigenvalue weighted by molar-refractivity contribution is -0.120. The van der Waals surface area contributed by atoms with Crippen molar-refractivity contribution >= 4 is 28.9 Å². The zero-order chi connectivity index (χ0) is 21.1. The molecule has 1 saturated heterocycles. The number of piperazine rings is 1. The Bertz CT molecular complexity index is 924. The zero-order valence-corrected chi connectivity index (χ0v) is 17.5. The Kier molecular flexibility index (Phi) is 5.90. The Balaban J connectivity index is 1.41. The van der Waals surface area contributed by atoms with Gasteiger partial charge in [0.1, 0.15) is 5.75 Å². The molecule has 1 atom stereocenters. The van der Waals surface area contributed by atoms with Crippen LogP contribution in [0.5, 0.6) is 5.75 Å². The summed E-state index contributed by atoms with van der Waals surface area (Å²) in [6.07, 6.45) is 0.296. The fraction of sp³-hybridized carbons (Fsp3) is 0.391. The maximum atomic E-state index is 13.2. The lowest BCUT2D eigenvalue weighted by atomic mass is 10.1. The number of hydrogen-bond donors (Lipinski definition) is 1. The topological polar surface area (TPSA) is 65.1 Å². The van der Waals surface area contributed by atoms with Crippen molar-refractivity contribution in [2.75, 3.05) is 55.0 Å². The van der Waals surface area contributed by atoms with Gasteiger partial charge in [-0.2, -0.15) is 0 Å². The first-order valence-corrected chi connectivity index (χ1v) is 10.4. The number of carbonyl (C=O) groups is 2. The number of hydrogen-bond acceptors (Lipinski definition) is 5. The maximum Gasteiger partial charge on any atom is 0.241 e. The first-order valence-electron chi connectivity index (χ1n) is 10.4. The van der Waals surface area contributed by atoms with Crippen LogP contribution in [0.3, 0.4) is 0 Å². The van der Waals surface area contributed by atoms with Gasteiger partial charge in [-0.15, -0.1) is 0 Å². The number of ether oxygens (including phenoxy) is 1. The van der Waals surface area contributed by atoms with E-state index in [0.29, 0.717) is 18.7 Å². The van der Waals surface area contributed by atoms with E-state index in [1.54, 1.807) is 12.0 Å². The average Bonchev–Trinajstić information content (AvgIpc) is 2.88. The Morgan fingerprint density at radius 1 is 1.10 bits per heavy atom. The molecule has 0 aliphatic carbocycles. The largest absolute Gasteiger partial charge is 0.497 e. The molecule has 2 aliphatic rings. The predicted octanol–water partition coefficient (Wildman–Crippen LogP) is 2.58. The molecule has 4 rings (SSSR count). The molecule has 0 aromatic heterocycles. The number of methoxy groups -OCH3 is 1. The van der Waals surface area contributed by atoms with Crippen LogP contribution in [0.1, 0.15) is 13.3 Å². The number of carbonyl (C=O) groups excluding carboxylic acids is 2. The summed E-state index contributed by atoms with van der Waals surface area (Å²) in [6, 6.07) is 15.4.